The van der Waals surface area contributed by atoms with Crippen LogP contribution in [-0.2, 0) is 4.79 Å². The number of nitrogens with one attached hydrogen (secondary N) is 1. The molecule has 0 bridgehead atoms. The third kappa shape index (κ3) is 4.46. The SMILES string of the molecule is COc1cccc(OCC(=O)Nc2ccc(Br)cc2F)c1. The minimum Gasteiger partial charge on any atom is -0.497 e. The van der Waals surface area contributed by atoms with E-state index in [9.17, 15) is 9.18 Å². The molecule has 0 atom stereocenters. The highest BCUT2D eigenvalue weighted by molar-refractivity contribution is 9.10. The van der Waals surface area contributed by atoms with Crippen molar-refractivity contribution in [1.29, 1.82) is 0 Å². The van der Waals surface area contributed by atoms with Crippen LogP contribution < -0.4 is 14.8 Å². The molecular weight excluding hydrogens is 341 g/mol. The van der Waals surface area contributed by atoms with Crippen molar-refractivity contribution in [1.82, 2.24) is 0 Å². The zero-order chi connectivity index (χ0) is 15.2. The summed E-state index contributed by atoms with van der Waals surface area (Å²) in [7, 11) is 1.54. The Morgan fingerprint density at radius 3 is 2.71 bits per heavy atom. The lowest BCUT2D eigenvalue weighted by atomic mass is 10.3. The fraction of sp³-hybridized carbons (Fsp3) is 0.133. The summed E-state index contributed by atoms with van der Waals surface area (Å²) in [6, 6.07) is 11.3. The number of halogens is 2. The van der Waals surface area contributed by atoms with Crippen LogP contribution in [0.15, 0.2) is 46.9 Å². The van der Waals surface area contributed by atoms with Crippen LogP contribution in [-0.4, -0.2) is 19.6 Å². The number of carbonyl (C=O) groups is 1. The molecule has 0 spiro atoms. The minimum atomic E-state index is -0.515. The average Bonchev–Trinajstić information content (AvgIpc) is 2.48. The van der Waals surface area contributed by atoms with Crippen molar-refractivity contribution in [3.63, 3.8) is 0 Å². The predicted octanol–water partition coefficient (Wildman–Crippen LogP) is 3.61. The molecule has 0 saturated carbocycles. The molecule has 0 fully saturated rings. The van der Waals surface area contributed by atoms with Crippen LogP contribution in [0.5, 0.6) is 11.5 Å². The van der Waals surface area contributed by atoms with Gasteiger partial charge in [-0.05, 0) is 30.3 Å². The van der Waals surface area contributed by atoms with Crippen LogP contribution in [0, 0.1) is 5.82 Å². The Morgan fingerprint density at radius 1 is 1.24 bits per heavy atom. The molecule has 21 heavy (non-hydrogen) atoms. The summed E-state index contributed by atoms with van der Waals surface area (Å²) in [6.45, 7) is -0.220. The fourth-order valence-electron chi connectivity index (χ4n) is 1.62. The number of hydrogen-bond acceptors (Lipinski definition) is 3. The Kier molecular flexibility index (Phi) is 5.16. The third-order valence-corrected chi connectivity index (χ3v) is 3.11. The largest absolute Gasteiger partial charge is 0.497 e. The van der Waals surface area contributed by atoms with E-state index in [1.165, 1.54) is 12.1 Å². The third-order valence-electron chi connectivity index (χ3n) is 2.62. The Bertz CT molecular complexity index is 649. The zero-order valence-corrected chi connectivity index (χ0v) is 12.8. The van der Waals surface area contributed by atoms with E-state index in [0.717, 1.165) is 0 Å². The lowest BCUT2D eigenvalue weighted by Gasteiger charge is -2.09. The van der Waals surface area contributed by atoms with E-state index in [-0.39, 0.29) is 12.3 Å². The number of carbonyl (C=O) groups excluding carboxylic acids is 1. The van der Waals surface area contributed by atoms with Crippen molar-refractivity contribution in [2.75, 3.05) is 19.0 Å². The maximum absolute atomic E-state index is 13.6. The van der Waals surface area contributed by atoms with Gasteiger partial charge in [0.2, 0.25) is 0 Å². The summed E-state index contributed by atoms with van der Waals surface area (Å²) in [6.07, 6.45) is 0. The van der Waals surface area contributed by atoms with Gasteiger partial charge in [-0.3, -0.25) is 4.79 Å². The summed E-state index contributed by atoms with van der Waals surface area (Å²) in [4.78, 5) is 11.7. The van der Waals surface area contributed by atoms with Gasteiger partial charge in [-0.2, -0.15) is 0 Å². The molecule has 0 aliphatic rings. The van der Waals surface area contributed by atoms with E-state index in [1.54, 1.807) is 37.4 Å². The summed E-state index contributed by atoms with van der Waals surface area (Å²) < 4.78 is 24.5. The normalized spacial score (nSPS) is 10.0. The van der Waals surface area contributed by atoms with E-state index >= 15 is 0 Å². The highest BCUT2D eigenvalue weighted by Gasteiger charge is 2.08. The van der Waals surface area contributed by atoms with E-state index in [0.29, 0.717) is 16.0 Å². The first kappa shape index (κ1) is 15.3. The second-order valence-corrected chi connectivity index (χ2v) is 5.06. The Morgan fingerprint density at radius 2 is 2.00 bits per heavy atom. The Balaban J connectivity index is 1.92. The summed E-state index contributed by atoms with van der Waals surface area (Å²) in [5.74, 6) is 0.172. The first-order chi connectivity index (χ1) is 10.1. The molecule has 2 aromatic carbocycles. The number of anilines is 1. The molecule has 0 unspecified atom stereocenters. The lowest BCUT2D eigenvalue weighted by Crippen LogP contribution is -2.20. The van der Waals surface area contributed by atoms with Crippen LogP contribution in [0.2, 0.25) is 0 Å². The second-order valence-electron chi connectivity index (χ2n) is 4.14. The maximum atomic E-state index is 13.6. The zero-order valence-electron chi connectivity index (χ0n) is 11.2. The molecule has 1 amide bonds. The van der Waals surface area contributed by atoms with Crippen LogP contribution in [0.25, 0.3) is 0 Å². The Labute approximate surface area is 130 Å². The van der Waals surface area contributed by atoms with Gasteiger partial charge in [0.15, 0.2) is 6.61 Å². The molecule has 0 aliphatic carbocycles. The topological polar surface area (TPSA) is 47.6 Å². The van der Waals surface area contributed by atoms with Gasteiger partial charge in [-0.1, -0.05) is 22.0 Å². The lowest BCUT2D eigenvalue weighted by molar-refractivity contribution is -0.118. The molecule has 0 radical (unpaired) electrons. The smallest absolute Gasteiger partial charge is 0.262 e. The van der Waals surface area contributed by atoms with Crippen molar-refractivity contribution < 1.29 is 18.7 Å². The van der Waals surface area contributed by atoms with Crippen molar-refractivity contribution in [3.8, 4) is 11.5 Å². The maximum Gasteiger partial charge on any atom is 0.262 e. The first-order valence-corrected chi connectivity index (χ1v) is 6.89. The summed E-state index contributed by atoms with van der Waals surface area (Å²) >= 11 is 3.15. The number of ether oxygens (including phenoxy) is 2. The minimum absolute atomic E-state index is 0.109. The summed E-state index contributed by atoms with van der Waals surface area (Å²) in [5, 5.41) is 2.45. The highest BCUT2D eigenvalue weighted by Crippen LogP contribution is 2.20. The van der Waals surface area contributed by atoms with Crippen LogP contribution in [0.3, 0.4) is 0 Å². The molecule has 0 saturated heterocycles. The van der Waals surface area contributed by atoms with Crippen molar-refractivity contribution in [2.24, 2.45) is 0 Å². The van der Waals surface area contributed by atoms with Crippen molar-refractivity contribution in [2.45, 2.75) is 0 Å². The number of benzene rings is 2. The van der Waals surface area contributed by atoms with Crippen molar-refractivity contribution in [3.05, 3.63) is 52.8 Å². The van der Waals surface area contributed by atoms with Gasteiger partial charge in [0, 0.05) is 10.5 Å². The fourth-order valence-corrected chi connectivity index (χ4v) is 1.95. The molecule has 0 aromatic heterocycles. The molecule has 2 aromatic rings. The van der Waals surface area contributed by atoms with Crippen LogP contribution in [0.4, 0.5) is 10.1 Å². The van der Waals surface area contributed by atoms with Gasteiger partial charge < -0.3 is 14.8 Å². The predicted molar refractivity (Wildman–Crippen MR) is 81.2 cm³/mol. The first-order valence-electron chi connectivity index (χ1n) is 6.10. The van der Waals surface area contributed by atoms with Gasteiger partial charge in [-0.15, -0.1) is 0 Å². The quantitative estimate of drug-likeness (QED) is 0.892. The average molecular weight is 354 g/mol. The molecule has 4 nitrogen and oxygen atoms in total. The molecule has 110 valence electrons. The van der Waals surface area contributed by atoms with Crippen molar-refractivity contribution >= 4 is 27.5 Å². The molecule has 0 heterocycles. The van der Waals surface area contributed by atoms with Gasteiger partial charge in [0.25, 0.3) is 5.91 Å². The van der Waals surface area contributed by atoms with Gasteiger partial charge in [0.05, 0.1) is 12.8 Å². The van der Waals surface area contributed by atoms with Gasteiger partial charge in [0.1, 0.15) is 17.3 Å². The van der Waals surface area contributed by atoms with E-state index < -0.39 is 11.7 Å². The number of hydrogen-bond donors (Lipinski definition) is 1. The van der Waals surface area contributed by atoms with E-state index in [4.69, 9.17) is 9.47 Å². The second kappa shape index (κ2) is 7.08. The molecule has 6 heteroatoms. The molecular formula is C15H13BrFNO3. The number of amides is 1. The number of methoxy groups -OCH3 is 1. The summed E-state index contributed by atoms with van der Waals surface area (Å²) in [5.41, 5.74) is 0.109. The van der Waals surface area contributed by atoms with Gasteiger partial charge in [-0.25, -0.2) is 4.39 Å². The van der Waals surface area contributed by atoms with Crippen LogP contribution in [0.1, 0.15) is 0 Å². The number of rotatable bonds is 5. The van der Waals surface area contributed by atoms with Gasteiger partial charge >= 0.3 is 0 Å². The van der Waals surface area contributed by atoms with E-state index in [2.05, 4.69) is 21.2 Å². The standard InChI is InChI=1S/C15H13BrFNO3/c1-20-11-3-2-4-12(8-11)21-9-15(19)18-14-6-5-10(16)7-13(14)17/h2-8H,9H2,1H3,(H,18,19). The molecule has 1 N–H and O–H groups in total. The highest BCUT2D eigenvalue weighted by atomic mass is 79.9. The van der Waals surface area contributed by atoms with E-state index in [1.807, 2.05) is 0 Å². The van der Waals surface area contributed by atoms with Crippen LogP contribution >= 0.6 is 15.9 Å². The monoisotopic (exact) mass is 353 g/mol. The molecule has 0 aliphatic heterocycles. The molecule has 2 rings (SSSR count). The Hall–Kier alpha value is -2.08.